The van der Waals surface area contributed by atoms with E-state index in [4.69, 9.17) is 4.74 Å². The predicted molar refractivity (Wildman–Crippen MR) is 61.4 cm³/mol. The first-order chi connectivity index (χ1) is 7.79. The van der Waals surface area contributed by atoms with Crippen molar-refractivity contribution in [3.63, 3.8) is 0 Å². The first-order valence-electron chi connectivity index (χ1n) is 5.02. The zero-order valence-corrected chi connectivity index (χ0v) is 10.7. The largest absolute Gasteiger partial charge is 0.548 e. The van der Waals surface area contributed by atoms with Crippen molar-refractivity contribution in [1.82, 2.24) is 5.32 Å². The second-order valence-corrected chi connectivity index (χ2v) is 5.23. The topological polar surface area (TPSA) is 78.5 Å². The van der Waals surface area contributed by atoms with E-state index in [0.717, 1.165) is 0 Å². The molecule has 0 bridgehead atoms. The SMILES string of the molecule is CC(C)(C)OC(=O)N[C@H](C(=O)[O-])c1ccsc1. The van der Waals surface area contributed by atoms with E-state index in [1.165, 1.54) is 11.3 Å². The summed E-state index contributed by atoms with van der Waals surface area (Å²) in [5, 5.41) is 16.5. The second kappa shape index (κ2) is 5.18. The maximum Gasteiger partial charge on any atom is 0.408 e. The quantitative estimate of drug-likeness (QED) is 0.877. The Hall–Kier alpha value is -1.56. The molecule has 0 saturated carbocycles. The highest BCUT2D eigenvalue weighted by atomic mass is 32.1. The molecule has 6 heteroatoms. The van der Waals surface area contributed by atoms with Gasteiger partial charge in [0, 0.05) is 0 Å². The van der Waals surface area contributed by atoms with Crippen LogP contribution in [0, 0.1) is 0 Å². The molecule has 0 aliphatic heterocycles. The first-order valence-corrected chi connectivity index (χ1v) is 5.96. The van der Waals surface area contributed by atoms with Gasteiger partial charge in [0.15, 0.2) is 0 Å². The van der Waals surface area contributed by atoms with Crippen molar-refractivity contribution in [2.75, 3.05) is 0 Å². The number of ether oxygens (including phenoxy) is 1. The maximum absolute atomic E-state index is 11.4. The number of hydrogen-bond acceptors (Lipinski definition) is 5. The van der Waals surface area contributed by atoms with Crippen LogP contribution >= 0.6 is 11.3 Å². The van der Waals surface area contributed by atoms with Crippen molar-refractivity contribution in [3.05, 3.63) is 22.4 Å². The van der Waals surface area contributed by atoms with Gasteiger partial charge in [-0.25, -0.2) is 4.79 Å². The number of amides is 1. The fraction of sp³-hybridized carbons (Fsp3) is 0.455. The standard InChI is InChI=1S/C11H15NO4S/c1-11(2,3)16-10(15)12-8(9(13)14)7-4-5-17-6-7/h4-6,8H,1-3H3,(H,12,15)(H,13,14)/p-1/t8-/m0/s1. The van der Waals surface area contributed by atoms with Crippen LogP contribution in [0.4, 0.5) is 4.79 Å². The van der Waals surface area contributed by atoms with E-state index in [1.807, 2.05) is 0 Å². The third-order valence-electron chi connectivity index (χ3n) is 1.77. The zero-order chi connectivity index (χ0) is 13.1. The van der Waals surface area contributed by atoms with Crippen molar-refractivity contribution in [2.45, 2.75) is 32.4 Å². The van der Waals surface area contributed by atoms with E-state index >= 15 is 0 Å². The molecule has 0 aliphatic rings. The fourth-order valence-corrected chi connectivity index (χ4v) is 1.83. The normalized spacial score (nSPS) is 12.9. The summed E-state index contributed by atoms with van der Waals surface area (Å²) in [5.41, 5.74) is -0.198. The van der Waals surface area contributed by atoms with Crippen LogP contribution in [0.3, 0.4) is 0 Å². The van der Waals surface area contributed by atoms with Crippen LogP contribution < -0.4 is 10.4 Å². The van der Waals surface area contributed by atoms with Crippen LogP contribution in [-0.4, -0.2) is 17.7 Å². The lowest BCUT2D eigenvalue weighted by atomic mass is 10.1. The number of carbonyl (C=O) groups excluding carboxylic acids is 2. The maximum atomic E-state index is 11.4. The van der Waals surface area contributed by atoms with Crippen molar-refractivity contribution < 1.29 is 19.4 Å². The summed E-state index contributed by atoms with van der Waals surface area (Å²) < 4.78 is 4.98. The summed E-state index contributed by atoms with van der Waals surface area (Å²) >= 11 is 1.34. The number of alkyl carbamates (subject to hydrolysis) is 1. The lowest BCUT2D eigenvalue weighted by Gasteiger charge is -2.23. The molecule has 1 aromatic rings. The minimum absolute atomic E-state index is 0.473. The molecular weight excluding hydrogens is 242 g/mol. The summed E-state index contributed by atoms with van der Waals surface area (Å²) in [4.78, 5) is 22.4. The summed E-state index contributed by atoms with van der Waals surface area (Å²) in [7, 11) is 0. The Balaban J connectivity index is 2.69. The molecule has 1 aromatic heterocycles. The van der Waals surface area contributed by atoms with Gasteiger partial charge in [0.1, 0.15) is 5.60 Å². The fourth-order valence-electron chi connectivity index (χ4n) is 1.14. The number of carboxylic acid groups (broad SMARTS) is 1. The highest BCUT2D eigenvalue weighted by Gasteiger charge is 2.21. The van der Waals surface area contributed by atoms with Gasteiger partial charge in [-0.1, -0.05) is 0 Å². The molecule has 1 amide bonds. The first kappa shape index (κ1) is 13.5. The van der Waals surface area contributed by atoms with Gasteiger partial charge in [0.25, 0.3) is 0 Å². The van der Waals surface area contributed by atoms with Gasteiger partial charge in [-0.2, -0.15) is 11.3 Å². The Bertz CT molecular complexity index is 394. The van der Waals surface area contributed by atoms with Gasteiger partial charge in [0.05, 0.1) is 12.0 Å². The minimum Gasteiger partial charge on any atom is -0.548 e. The Kier molecular flexibility index (Phi) is 4.11. The average Bonchev–Trinajstić information content (AvgIpc) is 2.63. The van der Waals surface area contributed by atoms with Crippen LogP contribution in [0.25, 0.3) is 0 Å². The number of nitrogens with one attached hydrogen (secondary N) is 1. The van der Waals surface area contributed by atoms with E-state index in [1.54, 1.807) is 37.6 Å². The van der Waals surface area contributed by atoms with Gasteiger partial charge in [-0.3, -0.25) is 0 Å². The number of thiophene rings is 1. The molecule has 0 unspecified atom stereocenters. The highest BCUT2D eigenvalue weighted by molar-refractivity contribution is 7.08. The molecular formula is C11H14NO4S-. The molecule has 0 aromatic carbocycles. The molecule has 0 fully saturated rings. The van der Waals surface area contributed by atoms with Crippen LogP contribution in [-0.2, 0) is 9.53 Å². The molecule has 17 heavy (non-hydrogen) atoms. The molecule has 5 nitrogen and oxygen atoms in total. The molecule has 1 rings (SSSR count). The molecule has 94 valence electrons. The smallest absolute Gasteiger partial charge is 0.408 e. The van der Waals surface area contributed by atoms with Crippen molar-refractivity contribution in [2.24, 2.45) is 0 Å². The zero-order valence-electron chi connectivity index (χ0n) is 9.85. The lowest BCUT2D eigenvalue weighted by Crippen LogP contribution is -2.43. The second-order valence-electron chi connectivity index (χ2n) is 4.45. The van der Waals surface area contributed by atoms with E-state index < -0.39 is 23.7 Å². The molecule has 0 radical (unpaired) electrons. The van der Waals surface area contributed by atoms with Crippen molar-refractivity contribution >= 4 is 23.4 Å². The van der Waals surface area contributed by atoms with Crippen LogP contribution in [0.1, 0.15) is 32.4 Å². The van der Waals surface area contributed by atoms with E-state index in [2.05, 4.69) is 5.32 Å². The van der Waals surface area contributed by atoms with Gasteiger partial charge in [-0.05, 0) is 43.2 Å². The van der Waals surface area contributed by atoms with E-state index in [0.29, 0.717) is 5.56 Å². The number of aliphatic carboxylic acids is 1. The molecule has 0 aliphatic carbocycles. The average molecular weight is 256 g/mol. The summed E-state index contributed by atoms with van der Waals surface area (Å²) in [6.45, 7) is 5.10. The van der Waals surface area contributed by atoms with Crippen LogP contribution in [0.15, 0.2) is 16.8 Å². The van der Waals surface area contributed by atoms with Crippen LogP contribution in [0.2, 0.25) is 0 Å². The molecule has 0 saturated heterocycles. The summed E-state index contributed by atoms with van der Waals surface area (Å²) in [6, 6.07) is 0.429. The van der Waals surface area contributed by atoms with Crippen molar-refractivity contribution in [3.8, 4) is 0 Å². The Labute approximate surface area is 103 Å². The Morgan fingerprint density at radius 2 is 2.12 bits per heavy atom. The third-order valence-corrected chi connectivity index (χ3v) is 2.47. The molecule has 0 spiro atoms. The molecule has 1 atom stereocenters. The highest BCUT2D eigenvalue weighted by Crippen LogP contribution is 2.17. The number of hydrogen-bond donors (Lipinski definition) is 1. The van der Waals surface area contributed by atoms with Gasteiger partial charge >= 0.3 is 6.09 Å². The molecule has 1 N–H and O–H groups in total. The monoisotopic (exact) mass is 256 g/mol. The van der Waals surface area contributed by atoms with Gasteiger partial charge in [-0.15, -0.1) is 0 Å². The Morgan fingerprint density at radius 3 is 2.53 bits per heavy atom. The summed E-state index contributed by atoms with van der Waals surface area (Å²) in [5.74, 6) is -1.37. The van der Waals surface area contributed by atoms with E-state index in [-0.39, 0.29) is 0 Å². The summed E-state index contributed by atoms with van der Waals surface area (Å²) in [6.07, 6.45) is -0.780. The number of carboxylic acids is 1. The lowest BCUT2D eigenvalue weighted by molar-refractivity contribution is -0.308. The predicted octanol–water partition coefficient (Wildman–Crippen LogP) is 1.06. The van der Waals surface area contributed by atoms with Crippen LogP contribution in [0.5, 0.6) is 0 Å². The number of carbonyl (C=O) groups is 2. The number of rotatable bonds is 3. The van der Waals surface area contributed by atoms with Crippen molar-refractivity contribution in [1.29, 1.82) is 0 Å². The van der Waals surface area contributed by atoms with E-state index in [9.17, 15) is 14.7 Å². The van der Waals surface area contributed by atoms with Gasteiger partial charge in [0.2, 0.25) is 0 Å². The van der Waals surface area contributed by atoms with Gasteiger partial charge < -0.3 is 20.0 Å². The third kappa shape index (κ3) is 4.44. The minimum atomic E-state index is -1.37. The Morgan fingerprint density at radius 1 is 1.47 bits per heavy atom. The molecule has 1 heterocycles.